The second kappa shape index (κ2) is 9.08. The first kappa shape index (κ1) is 17.1. The van der Waals surface area contributed by atoms with Crippen LogP contribution in [-0.4, -0.2) is 52.0 Å². The van der Waals surface area contributed by atoms with Crippen molar-refractivity contribution in [2.45, 2.75) is 19.9 Å². The van der Waals surface area contributed by atoms with Crippen molar-refractivity contribution in [1.29, 1.82) is 0 Å². The molecule has 0 aliphatic carbocycles. The average molecular weight is 280 g/mol. The van der Waals surface area contributed by atoms with E-state index in [1.165, 1.54) is 16.7 Å². The first-order valence-electron chi connectivity index (χ1n) is 7.13. The number of hydrogen-bond donors (Lipinski definition) is 1. The topological polar surface area (TPSA) is 47.7 Å². The third-order valence-corrected chi connectivity index (χ3v) is 3.83. The van der Waals surface area contributed by atoms with Gasteiger partial charge < -0.3 is 15.2 Å². The predicted octanol–water partition coefficient (Wildman–Crippen LogP) is 1.90. The molecule has 4 heteroatoms. The lowest BCUT2D eigenvalue weighted by Gasteiger charge is -2.32. The maximum atomic E-state index is 6.04. The Morgan fingerprint density at radius 1 is 1.10 bits per heavy atom. The van der Waals surface area contributed by atoms with E-state index < -0.39 is 0 Å². The number of aryl methyl sites for hydroxylation is 1. The fourth-order valence-electron chi connectivity index (χ4n) is 2.45. The van der Waals surface area contributed by atoms with Gasteiger partial charge in [-0.05, 0) is 30.5 Å². The molecule has 20 heavy (non-hydrogen) atoms. The van der Waals surface area contributed by atoms with Crippen molar-refractivity contribution in [3.05, 3.63) is 34.9 Å². The highest BCUT2D eigenvalue weighted by atomic mass is 16.5. The van der Waals surface area contributed by atoms with E-state index in [2.05, 4.69) is 36.9 Å². The van der Waals surface area contributed by atoms with Gasteiger partial charge in [0.1, 0.15) is 0 Å². The van der Waals surface area contributed by atoms with E-state index in [4.69, 9.17) is 15.2 Å². The molecule has 0 saturated heterocycles. The van der Waals surface area contributed by atoms with Crippen LogP contribution in [0.3, 0.4) is 0 Å². The zero-order chi connectivity index (χ0) is 15.0. The third kappa shape index (κ3) is 4.56. The van der Waals surface area contributed by atoms with E-state index in [0.717, 1.165) is 13.1 Å². The largest absolute Gasteiger partial charge is 0.383 e. The van der Waals surface area contributed by atoms with Crippen LogP contribution >= 0.6 is 0 Å². The van der Waals surface area contributed by atoms with Crippen LogP contribution in [0.5, 0.6) is 0 Å². The van der Waals surface area contributed by atoms with E-state index in [9.17, 15) is 0 Å². The summed E-state index contributed by atoms with van der Waals surface area (Å²) in [6, 6.07) is 6.62. The normalized spacial score (nSPS) is 12.9. The van der Waals surface area contributed by atoms with Crippen molar-refractivity contribution in [3.63, 3.8) is 0 Å². The van der Waals surface area contributed by atoms with Gasteiger partial charge in [-0.2, -0.15) is 0 Å². The summed E-state index contributed by atoms with van der Waals surface area (Å²) in [4.78, 5) is 2.34. The molecule has 0 aliphatic heterocycles. The number of ether oxygens (including phenoxy) is 2. The quantitative estimate of drug-likeness (QED) is 0.750. The molecule has 0 bridgehead atoms. The van der Waals surface area contributed by atoms with Gasteiger partial charge in [0.25, 0.3) is 0 Å². The van der Waals surface area contributed by atoms with Crippen molar-refractivity contribution in [2.75, 3.05) is 47.1 Å². The van der Waals surface area contributed by atoms with Gasteiger partial charge in [0, 0.05) is 39.9 Å². The molecule has 1 atom stereocenters. The van der Waals surface area contributed by atoms with Crippen molar-refractivity contribution < 1.29 is 9.47 Å². The smallest absolute Gasteiger partial charge is 0.0589 e. The summed E-state index contributed by atoms with van der Waals surface area (Å²) in [6.45, 7) is 8.01. The van der Waals surface area contributed by atoms with Gasteiger partial charge in [0.05, 0.1) is 13.2 Å². The molecule has 1 unspecified atom stereocenters. The Hall–Kier alpha value is -0.940. The third-order valence-electron chi connectivity index (χ3n) is 3.83. The van der Waals surface area contributed by atoms with Crippen molar-refractivity contribution >= 4 is 0 Å². The molecule has 4 nitrogen and oxygen atoms in total. The van der Waals surface area contributed by atoms with Crippen molar-refractivity contribution in [3.8, 4) is 0 Å². The predicted molar refractivity (Wildman–Crippen MR) is 83.0 cm³/mol. The van der Waals surface area contributed by atoms with Crippen molar-refractivity contribution in [1.82, 2.24) is 4.90 Å². The standard InChI is InChI=1S/C16H28N2O2/c1-13-6-5-7-15(14(13)2)16(12-17)18(8-10-19-3)9-11-20-4/h5-7,16H,8-12,17H2,1-4H3. The molecular formula is C16H28N2O2. The van der Waals surface area contributed by atoms with Crippen LogP contribution in [0.2, 0.25) is 0 Å². The van der Waals surface area contributed by atoms with Gasteiger partial charge in [-0.15, -0.1) is 0 Å². The summed E-state index contributed by atoms with van der Waals surface area (Å²) in [5, 5.41) is 0. The van der Waals surface area contributed by atoms with Crippen LogP contribution in [0.4, 0.5) is 0 Å². The molecule has 2 N–H and O–H groups in total. The molecule has 114 valence electrons. The molecule has 0 spiro atoms. The number of hydrogen-bond acceptors (Lipinski definition) is 4. The molecule has 1 aromatic carbocycles. The Morgan fingerprint density at radius 3 is 2.20 bits per heavy atom. The van der Waals surface area contributed by atoms with Gasteiger partial charge in [-0.3, -0.25) is 4.90 Å². The van der Waals surface area contributed by atoms with E-state index in [1.807, 2.05) is 0 Å². The molecule has 0 amide bonds. The van der Waals surface area contributed by atoms with Crippen LogP contribution < -0.4 is 5.73 Å². The molecule has 1 rings (SSSR count). The van der Waals surface area contributed by atoms with Crippen LogP contribution in [0.25, 0.3) is 0 Å². The Bertz CT molecular complexity index is 388. The minimum Gasteiger partial charge on any atom is -0.383 e. The fourth-order valence-corrected chi connectivity index (χ4v) is 2.45. The summed E-state index contributed by atoms with van der Waals surface area (Å²) in [6.07, 6.45) is 0. The number of benzene rings is 1. The first-order valence-corrected chi connectivity index (χ1v) is 7.13. The van der Waals surface area contributed by atoms with Gasteiger partial charge in [0.2, 0.25) is 0 Å². The van der Waals surface area contributed by atoms with Crippen LogP contribution in [0.15, 0.2) is 18.2 Å². The zero-order valence-corrected chi connectivity index (χ0v) is 13.2. The molecule has 0 heterocycles. The SMILES string of the molecule is COCCN(CCOC)C(CN)c1cccc(C)c1C. The highest BCUT2D eigenvalue weighted by molar-refractivity contribution is 5.35. The molecule has 0 aliphatic rings. The Labute approximate surface area is 122 Å². The number of methoxy groups -OCH3 is 2. The summed E-state index contributed by atoms with van der Waals surface area (Å²) in [5.41, 5.74) is 9.98. The molecule has 0 fully saturated rings. The summed E-state index contributed by atoms with van der Waals surface area (Å²) in [7, 11) is 3.45. The Morgan fingerprint density at radius 2 is 1.70 bits per heavy atom. The average Bonchev–Trinajstić information content (AvgIpc) is 2.46. The maximum Gasteiger partial charge on any atom is 0.0589 e. The molecular weight excluding hydrogens is 252 g/mol. The van der Waals surface area contributed by atoms with Gasteiger partial charge in [0.15, 0.2) is 0 Å². The van der Waals surface area contributed by atoms with Crippen molar-refractivity contribution in [2.24, 2.45) is 5.73 Å². The van der Waals surface area contributed by atoms with Gasteiger partial charge in [-0.1, -0.05) is 18.2 Å². The number of rotatable bonds is 9. The van der Waals surface area contributed by atoms with Gasteiger partial charge in [-0.25, -0.2) is 0 Å². The van der Waals surface area contributed by atoms with Crippen LogP contribution in [0.1, 0.15) is 22.7 Å². The number of nitrogens with two attached hydrogens (primary N) is 1. The maximum absolute atomic E-state index is 6.04. The Balaban J connectivity index is 2.95. The molecule has 1 aromatic rings. The summed E-state index contributed by atoms with van der Waals surface area (Å²) in [5.74, 6) is 0. The Kier molecular flexibility index (Phi) is 7.77. The lowest BCUT2D eigenvalue weighted by Crippen LogP contribution is -2.38. The van der Waals surface area contributed by atoms with E-state index in [0.29, 0.717) is 19.8 Å². The molecule has 0 saturated carbocycles. The highest BCUT2D eigenvalue weighted by Gasteiger charge is 2.20. The molecule has 0 radical (unpaired) electrons. The monoisotopic (exact) mass is 280 g/mol. The van der Waals surface area contributed by atoms with E-state index >= 15 is 0 Å². The highest BCUT2D eigenvalue weighted by Crippen LogP contribution is 2.24. The summed E-state index contributed by atoms with van der Waals surface area (Å²) >= 11 is 0. The van der Waals surface area contributed by atoms with Crippen LogP contribution in [-0.2, 0) is 9.47 Å². The van der Waals surface area contributed by atoms with E-state index in [-0.39, 0.29) is 6.04 Å². The second-order valence-electron chi connectivity index (χ2n) is 5.06. The summed E-state index contributed by atoms with van der Waals surface area (Å²) < 4.78 is 10.4. The minimum absolute atomic E-state index is 0.209. The number of nitrogens with zero attached hydrogens (tertiary/aromatic N) is 1. The van der Waals surface area contributed by atoms with Gasteiger partial charge >= 0.3 is 0 Å². The second-order valence-corrected chi connectivity index (χ2v) is 5.06. The fraction of sp³-hybridized carbons (Fsp3) is 0.625. The zero-order valence-electron chi connectivity index (χ0n) is 13.2. The lowest BCUT2D eigenvalue weighted by atomic mass is 9.96. The lowest BCUT2D eigenvalue weighted by molar-refractivity contribution is 0.0889. The first-order chi connectivity index (χ1) is 9.65. The molecule has 0 aromatic heterocycles. The van der Waals surface area contributed by atoms with Crippen LogP contribution in [0, 0.1) is 13.8 Å². The minimum atomic E-state index is 0.209. The van der Waals surface area contributed by atoms with E-state index in [1.54, 1.807) is 14.2 Å².